The van der Waals surface area contributed by atoms with Crippen LogP contribution in [0, 0.1) is 5.92 Å². The summed E-state index contributed by atoms with van der Waals surface area (Å²) in [5.41, 5.74) is 3.46. The monoisotopic (exact) mass is 175 g/mol. The molecule has 0 unspecified atom stereocenters. The summed E-state index contributed by atoms with van der Waals surface area (Å²) in [6, 6.07) is 8.88. The van der Waals surface area contributed by atoms with Crippen LogP contribution in [0.4, 0.5) is 0 Å². The van der Waals surface area contributed by atoms with E-state index in [2.05, 4.69) is 52.0 Å². The number of fused-ring (bicyclic) bond motifs is 1. The third kappa shape index (κ3) is 1.04. The van der Waals surface area contributed by atoms with E-state index in [0.29, 0.717) is 11.3 Å². The molecule has 1 aromatic rings. The molecule has 1 aliphatic rings. The van der Waals surface area contributed by atoms with Crippen LogP contribution in [-0.2, 0) is 5.41 Å². The third-order valence-corrected chi connectivity index (χ3v) is 4.03. The molecule has 2 atom stereocenters. The quantitative estimate of drug-likeness (QED) is 0.527. The van der Waals surface area contributed by atoms with Gasteiger partial charge in [-0.2, -0.15) is 0 Å². The number of benzene rings is 1. The maximum Gasteiger partial charge on any atom is -0.00694 e. The summed E-state index contributed by atoms with van der Waals surface area (Å²) in [7, 11) is 0. The molecule has 0 aliphatic heterocycles. The lowest BCUT2D eigenvalue weighted by atomic mass is 9.81. The van der Waals surface area contributed by atoms with Crippen LogP contribution in [0.2, 0.25) is 0 Å². The Hall–Kier alpha value is -0.780. The molecule has 0 amide bonds. The van der Waals surface area contributed by atoms with Gasteiger partial charge in [0.05, 0.1) is 0 Å². The average Bonchev–Trinajstić information content (AvgIpc) is 2.30. The van der Waals surface area contributed by atoms with Gasteiger partial charge in [0.1, 0.15) is 0 Å². The Labute approximate surface area is 81.0 Å². The van der Waals surface area contributed by atoms with E-state index in [0.717, 1.165) is 5.92 Å². The molecular weight excluding hydrogens is 157 g/mol. The molecule has 13 heavy (non-hydrogen) atoms. The molecule has 1 aromatic carbocycles. The van der Waals surface area contributed by atoms with Crippen LogP contribution in [0.1, 0.15) is 44.7 Å². The van der Waals surface area contributed by atoms with Crippen molar-refractivity contribution in [2.45, 2.75) is 39.0 Å². The van der Waals surface area contributed by atoms with Gasteiger partial charge >= 0.3 is 0 Å². The summed E-state index contributed by atoms with van der Waals surface area (Å²) in [4.78, 5) is 0. The largest absolute Gasteiger partial charge is 0.0620 e. The van der Waals surface area contributed by atoms with E-state index in [1.165, 1.54) is 0 Å². The van der Waals surface area contributed by atoms with Crippen LogP contribution in [0.25, 0.3) is 0 Å². The van der Waals surface area contributed by atoms with Gasteiger partial charge in [-0.1, -0.05) is 52.0 Å². The summed E-state index contributed by atoms with van der Waals surface area (Å²) in [5, 5.41) is 0. The molecule has 2 rings (SSSR count). The molecule has 0 heterocycles. The Bertz CT molecular complexity index is 323. The highest BCUT2D eigenvalue weighted by atomic mass is 14.7. The summed E-state index contributed by atoms with van der Waals surface area (Å²) in [6.45, 7) is 9.43. The SMILES string of the molecule is C[C@H]1[13C@H](C)c2ccccc2C1(C)C. The number of rotatable bonds is 0. The zero-order chi connectivity index (χ0) is 9.64. The van der Waals surface area contributed by atoms with Crippen LogP contribution in [0.15, 0.2) is 24.3 Å². The lowest BCUT2D eigenvalue weighted by Crippen LogP contribution is -2.22. The first-order valence-corrected chi connectivity index (χ1v) is 5.14. The molecule has 1 aliphatic carbocycles. The minimum atomic E-state index is 0.357. The van der Waals surface area contributed by atoms with Crippen molar-refractivity contribution in [3.05, 3.63) is 35.4 Å². The fourth-order valence-electron chi connectivity index (χ4n) is 2.62. The Morgan fingerprint density at radius 3 is 2.31 bits per heavy atom. The van der Waals surface area contributed by atoms with E-state index in [4.69, 9.17) is 0 Å². The van der Waals surface area contributed by atoms with Crippen molar-refractivity contribution in [3.8, 4) is 0 Å². The lowest BCUT2D eigenvalue weighted by Gasteiger charge is -2.26. The first-order valence-electron chi connectivity index (χ1n) is 5.14. The van der Waals surface area contributed by atoms with Crippen molar-refractivity contribution in [1.29, 1.82) is 0 Å². The molecule has 0 saturated heterocycles. The molecule has 0 bridgehead atoms. The van der Waals surface area contributed by atoms with Gasteiger partial charge in [0, 0.05) is 0 Å². The Balaban J connectivity index is 2.61. The minimum Gasteiger partial charge on any atom is -0.0620 e. The molecular formula is C13H18. The number of hydrogen-bond acceptors (Lipinski definition) is 0. The predicted octanol–water partition coefficient (Wildman–Crippen LogP) is 3.72. The second-order valence-corrected chi connectivity index (χ2v) is 4.89. The summed E-state index contributed by atoms with van der Waals surface area (Å²) < 4.78 is 0. The van der Waals surface area contributed by atoms with Crippen LogP contribution in [0.5, 0.6) is 0 Å². The average molecular weight is 175 g/mol. The van der Waals surface area contributed by atoms with Crippen molar-refractivity contribution in [1.82, 2.24) is 0 Å². The van der Waals surface area contributed by atoms with E-state index in [9.17, 15) is 0 Å². The van der Waals surface area contributed by atoms with E-state index < -0.39 is 0 Å². The molecule has 0 nitrogen and oxygen atoms in total. The van der Waals surface area contributed by atoms with E-state index >= 15 is 0 Å². The van der Waals surface area contributed by atoms with Crippen LogP contribution < -0.4 is 0 Å². The highest BCUT2D eigenvalue weighted by Gasteiger charge is 2.40. The van der Waals surface area contributed by atoms with E-state index in [-0.39, 0.29) is 0 Å². The van der Waals surface area contributed by atoms with Gasteiger partial charge < -0.3 is 0 Å². The smallest absolute Gasteiger partial charge is 0.00694 e. The first-order chi connectivity index (χ1) is 6.05. The predicted molar refractivity (Wildman–Crippen MR) is 57.0 cm³/mol. The molecule has 0 N–H and O–H groups in total. The summed E-state index contributed by atoms with van der Waals surface area (Å²) in [6.07, 6.45) is 0. The van der Waals surface area contributed by atoms with Crippen LogP contribution in [-0.4, -0.2) is 0 Å². The molecule has 0 aromatic heterocycles. The first kappa shape index (κ1) is 8.80. The Morgan fingerprint density at radius 2 is 1.69 bits per heavy atom. The summed E-state index contributed by atoms with van der Waals surface area (Å²) in [5.74, 6) is 1.47. The fourth-order valence-corrected chi connectivity index (χ4v) is 2.62. The molecule has 0 spiro atoms. The molecule has 0 saturated carbocycles. The van der Waals surface area contributed by atoms with Crippen molar-refractivity contribution in [2.24, 2.45) is 5.92 Å². The summed E-state index contributed by atoms with van der Waals surface area (Å²) >= 11 is 0. The van der Waals surface area contributed by atoms with E-state index in [1.54, 1.807) is 11.1 Å². The normalized spacial score (nSPS) is 30.2. The van der Waals surface area contributed by atoms with Crippen molar-refractivity contribution >= 4 is 0 Å². The van der Waals surface area contributed by atoms with Gasteiger partial charge in [-0.3, -0.25) is 0 Å². The maximum absolute atomic E-state index is 2.37. The van der Waals surface area contributed by atoms with Gasteiger partial charge in [-0.15, -0.1) is 0 Å². The fraction of sp³-hybridized carbons (Fsp3) is 0.538. The van der Waals surface area contributed by atoms with Crippen molar-refractivity contribution < 1.29 is 0 Å². The number of hydrogen-bond donors (Lipinski definition) is 0. The molecule has 0 fully saturated rings. The minimum absolute atomic E-state index is 0.357. The Morgan fingerprint density at radius 1 is 1.08 bits per heavy atom. The van der Waals surface area contributed by atoms with Gasteiger partial charge in [0.25, 0.3) is 0 Å². The molecule has 0 radical (unpaired) electrons. The zero-order valence-electron chi connectivity index (χ0n) is 8.96. The standard InChI is InChI=1S/C13H18/c1-9-10(2)13(3,4)12-8-6-5-7-11(9)12/h5-10H,1-4H3/t9-,10-/m0/s1/i9+1. The zero-order valence-corrected chi connectivity index (χ0v) is 8.96. The van der Waals surface area contributed by atoms with Gasteiger partial charge in [0.2, 0.25) is 0 Å². The van der Waals surface area contributed by atoms with Crippen LogP contribution >= 0.6 is 0 Å². The topological polar surface area (TPSA) is 0 Å². The van der Waals surface area contributed by atoms with E-state index in [1.807, 2.05) is 0 Å². The third-order valence-electron chi connectivity index (χ3n) is 4.03. The molecule has 0 heteroatoms. The Kier molecular flexibility index (Phi) is 1.76. The van der Waals surface area contributed by atoms with Gasteiger partial charge in [-0.05, 0) is 28.4 Å². The lowest BCUT2D eigenvalue weighted by molar-refractivity contribution is 0.342. The highest BCUT2D eigenvalue weighted by Crippen LogP contribution is 2.49. The second kappa shape index (κ2) is 2.60. The maximum atomic E-state index is 2.37. The van der Waals surface area contributed by atoms with Crippen LogP contribution in [0.3, 0.4) is 0 Å². The highest BCUT2D eigenvalue weighted by molar-refractivity contribution is 5.42. The van der Waals surface area contributed by atoms with Gasteiger partial charge in [-0.25, -0.2) is 0 Å². The van der Waals surface area contributed by atoms with Crippen molar-refractivity contribution in [3.63, 3.8) is 0 Å². The van der Waals surface area contributed by atoms with Gasteiger partial charge in [0.15, 0.2) is 0 Å². The second-order valence-electron chi connectivity index (χ2n) is 4.89. The van der Waals surface area contributed by atoms with Crippen molar-refractivity contribution in [2.75, 3.05) is 0 Å². The molecule has 70 valence electrons.